The van der Waals surface area contributed by atoms with Gasteiger partial charge in [0.05, 0.1) is 21.7 Å². The van der Waals surface area contributed by atoms with Gasteiger partial charge in [0.2, 0.25) is 10.0 Å². The number of nitrogens with zero attached hydrogens (tertiary/aromatic N) is 2. The van der Waals surface area contributed by atoms with Crippen molar-refractivity contribution in [3.8, 4) is 0 Å². The summed E-state index contributed by atoms with van der Waals surface area (Å²) in [4.78, 5) is 16.7. The van der Waals surface area contributed by atoms with Crippen molar-refractivity contribution >= 4 is 43.3 Å². The van der Waals surface area contributed by atoms with Crippen LogP contribution in [0, 0.1) is 0 Å². The molecule has 0 aliphatic rings. The predicted molar refractivity (Wildman–Crippen MR) is 103 cm³/mol. The number of hydrogen-bond donors (Lipinski definition) is 2. The molecular weight excluding hydrogens is 372 g/mol. The molecule has 0 unspecified atom stereocenters. The Labute approximate surface area is 155 Å². The van der Waals surface area contributed by atoms with Crippen LogP contribution >= 0.6 is 11.3 Å². The molecule has 9 heteroatoms. The molecular formula is C17H18N4O3S2. The van der Waals surface area contributed by atoms with Crippen LogP contribution in [-0.2, 0) is 16.6 Å². The van der Waals surface area contributed by atoms with E-state index in [1.165, 1.54) is 37.6 Å². The molecule has 0 fully saturated rings. The van der Waals surface area contributed by atoms with E-state index in [1.54, 1.807) is 12.1 Å². The Kier molecular flexibility index (Phi) is 5.21. The summed E-state index contributed by atoms with van der Waals surface area (Å²) in [7, 11) is -0.635. The highest BCUT2D eigenvalue weighted by atomic mass is 32.2. The SMILES string of the molecule is CN(C)S(=O)(=O)c1cccc(NC(=O)NCc2nc3ccccc3s2)c1. The van der Waals surface area contributed by atoms with E-state index in [2.05, 4.69) is 15.6 Å². The van der Waals surface area contributed by atoms with Crippen LogP contribution in [0.3, 0.4) is 0 Å². The monoisotopic (exact) mass is 390 g/mol. The van der Waals surface area contributed by atoms with Crippen molar-refractivity contribution in [1.82, 2.24) is 14.6 Å². The molecule has 2 N–H and O–H groups in total. The van der Waals surface area contributed by atoms with Crippen LogP contribution in [-0.4, -0.2) is 37.8 Å². The van der Waals surface area contributed by atoms with E-state index in [-0.39, 0.29) is 4.90 Å². The smallest absolute Gasteiger partial charge is 0.319 e. The van der Waals surface area contributed by atoms with Crippen molar-refractivity contribution in [1.29, 1.82) is 0 Å². The van der Waals surface area contributed by atoms with Gasteiger partial charge in [-0.15, -0.1) is 11.3 Å². The highest BCUT2D eigenvalue weighted by Crippen LogP contribution is 2.21. The lowest BCUT2D eigenvalue weighted by Gasteiger charge is -2.12. The summed E-state index contributed by atoms with van der Waals surface area (Å²) >= 11 is 1.52. The van der Waals surface area contributed by atoms with Crippen LogP contribution < -0.4 is 10.6 Å². The Morgan fingerprint density at radius 1 is 1.15 bits per heavy atom. The lowest BCUT2D eigenvalue weighted by Crippen LogP contribution is -2.28. The van der Waals surface area contributed by atoms with E-state index in [4.69, 9.17) is 0 Å². The molecule has 0 aliphatic carbocycles. The molecule has 0 saturated carbocycles. The highest BCUT2D eigenvalue weighted by Gasteiger charge is 2.17. The summed E-state index contributed by atoms with van der Waals surface area (Å²) in [6.45, 7) is 0.293. The number of carbonyl (C=O) groups excluding carboxylic acids is 1. The zero-order valence-electron chi connectivity index (χ0n) is 14.3. The number of sulfonamides is 1. The number of amides is 2. The molecule has 0 atom stereocenters. The van der Waals surface area contributed by atoms with Gasteiger partial charge in [0, 0.05) is 19.8 Å². The molecule has 3 aromatic rings. The van der Waals surface area contributed by atoms with Crippen molar-refractivity contribution in [2.24, 2.45) is 0 Å². The average Bonchev–Trinajstić information content (AvgIpc) is 3.03. The Morgan fingerprint density at radius 3 is 2.65 bits per heavy atom. The third-order valence-electron chi connectivity index (χ3n) is 3.61. The van der Waals surface area contributed by atoms with Crippen LogP contribution in [0.5, 0.6) is 0 Å². The number of benzene rings is 2. The van der Waals surface area contributed by atoms with Gasteiger partial charge in [-0.25, -0.2) is 22.5 Å². The molecule has 2 aromatic carbocycles. The van der Waals surface area contributed by atoms with Gasteiger partial charge >= 0.3 is 6.03 Å². The van der Waals surface area contributed by atoms with Crippen LogP contribution in [0.1, 0.15) is 5.01 Å². The maximum absolute atomic E-state index is 12.2. The minimum Gasteiger partial charge on any atom is -0.331 e. The minimum atomic E-state index is -3.55. The molecule has 0 bridgehead atoms. The van der Waals surface area contributed by atoms with Gasteiger partial charge < -0.3 is 10.6 Å². The van der Waals surface area contributed by atoms with E-state index >= 15 is 0 Å². The van der Waals surface area contributed by atoms with E-state index in [9.17, 15) is 13.2 Å². The van der Waals surface area contributed by atoms with Gasteiger partial charge in [0.15, 0.2) is 0 Å². The maximum atomic E-state index is 12.2. The van der Waals surface area contributed by atoms with Gasteiger partial charge in [0.1, 0.15) is 5.01 Å². The number of urea groups is 1. The fourth-order valence-corrected chi connectivity index (χ4v) is 4.13. The maximum Gasteiger partial charge on any atom is 0.319 e. The first kappa shape index (κ1) is 18.3. The normalized spacial score (nSPS) is 11.7. The summed E-state index contributed by atoms with van der Waals surface area (Å²) in [5.74, 6) is 0. The van der Waals surface area contributed by atoms with Crippen molar-refractivity contribution in [2.75, 3.05) is 19.4 Å². The van der Waals surface area contributed by atoms with Crippen LogP contribution in [0.25, 0.3) is 10.2 Å². The second kappa shape index (κ2) is 7.40. The lowest BCUT2D eigenvalue weighted by molar-refractivity contribution is 0.251. The number of anilines is 1. The first-order valence-corrected chi connectivity index (χ1v) is 10.0. The van der Waals surface area contributed by atoms with Gasteiger partial charge in [-0.3, -0.25) is 0 Å². The van der Waals surface area contributed by atoms with Gasteiger partial charge in [-0.2, -0.15) is 0 Å². The Hall–Kier alpha value is -2.49. The number of rotatable bonds is 5. The zero-order chi connectivity index (χ0) is 18.7. The van der Waals surface area contributed by atoms with E-state index in [0.717, 1.165) is 19.5 Å². The summed E-state index contributed by atoms with van der Waals surface area (Å²) in [5, 5.41) is 6.17. The summed E-state index contributed by atoms with van der Waals surface area (Å²) < 4.78 is 26.5. The van der Waals surface area contributed by atoms with Gasteiger partial charge in [-0.05, 0) is 30.3 Å². The van der Waals surface area contributed by atoms with E-state index < -0.39 is 16.1 Å². The first-order chi connectivity index (χ1) is 12.4. The average molecular weight is 390 g/mol. The number of fused-ring (bicyclic) bond motifs is 1. The van der Waals surface area contributed by atoms with Gasteiger partial charge in [0.25, 0.3) is 0 Å². The van der Waals surface area contributed by atoms with Crippen molar-refractivity contribution in [3.63, 3.8) is 0 Å². The van der Waals surface area contributed by atoms with Crippen molar-refractivity contribution < 1.29 is 13.2 Å². The molecule has 3 rings (SSSR count). The number of carbonyl (C=O) groups is 1. The number of thiazole rings is 1. The summed E-state index contributed by atoms with van der Waals surface area (Å²) in [6, 6.07) is 13.5. The molecule has 2 amide bonds. The quantitative estimate of drug-likeness (QED) is 0.701. The zero-order valence-corrected chi connectivity index (χ0v) is 15.9. The third kappa shape index (κ3) is 4.01. The first-order valence-electron chi connectivity index (χ1n) is 7.78. The molecule has 0 aliphatic heterocycles. The Morgan fingerprint density at radius 2 is 1.92 bits per heavy atom. The fourth-order valence-electron chi connectivity index (χ4n) is 2.27. The molecule has 0 spiro atoms. The molecule has 136 valence electrons. The van der Waals surface area contributed by atoms with Crippen molar-refractivity contribution in [2.45, 2.75) is 11.4 Å². The second-order valence-corrected chi connectivity index (χ2v) is 8.97. The highest BCUT2D eigenvalue weighted by molar-refractivity contribution is 7.89. The molecule has 1 aromatic heterocycles. The molecule has 1 heterocycles. The second-order valence-electron chi connectivity index (χ2n) is 5.70. The molecule has 0 radical (unpaired) electrons. The van der Waals surface area contributed by atoms with Crippen LogP contribution in [0.15, 0.2) is 53.4 Å². The van der Waals surface area contributed by atoms with Gasteiger partial charge in [-0.1, -0.05) is 18.2 Å². The van der Waals surface area contributed by atoms with E-state index in [0.29, 0.717) is 12.2 Å². The topological polar surface area (TPSA) is 91.4 Å². The van der Waals surface area contributed by atoms with Crippen LogP contribution in [0.2, 0.25) is 0 Å². The van der Waals surface area contributed by atoms with E-state index in [1.807, 2.05) is 24.3 Å². The number of nitrogens with one attached hydrogen (secondary N) is 2. The lowest BCUT2D eigenvalue weighted by atomic mass is 10.3. The predicted octanol–water partition coefficient (Wildman–Crippen LogP) is 2.87. The molecule has 26 heavy (non-hydrogen) atoms. The van der Waals surface area contributed by atoms with Crippen molar-refractivity contribution in [3.05, 3.63) is 53.5 Å². The Bertz CT molecular complexity index is 1010. The molecule has 7 nitrogen and oxygen atoms in total. The standard InChI is InChI=1S/C17H18N4O3S2/c1-21(2)26(23,24)13-7-5-6-12(10-13)19-17(22)18-11-16-20-14-8-3-4-9-15(14)25-16/h3-10H,11H2,1-2H3,(H2,18,19,22). The largest absolute Gasteiger partial charge is 0.331 e. The summed E-state index contributed by atoms with van der Waals surface area (Å²) in [6.07, 6.45) is 0. The Balaban J connectivity index is 1.65. The minimum absolute atomic E-state index is 0.117. The number of hydrogen-bond acceptors (Lipinski definition) is 5. The fraction of sp³-hybridized carbons (Fsp3) is 0.176. The third-order valence-corrected chi connectivity index (χ3v) is 6.46. The number of aromatic nitrogens is 1. The summed E-state index contributed by atoms with van der Waals surface area (Å²) in [5.41, 5.74) is 1.30. The molecule has 0 saturated heterocycles. The number of para-hydroxylation sites is 1. The van der Waals surface area contributed by atoms with Crippen LogP contribution in [0.4, 0.5) is 10.5 Å².